The van der Waals surface area contributed by atoms with Crippen LogP contribution in [0.5, 0.6) is 0 Å². The van der Waals surface area contributed by atoms with Crippen molar-refractivity contribution in [3.05, 3.63) is 59.9 Å². The van der Waals surface area contributed by atoms with Crippen LogP contribution >= 0.6 is 12.4 Å². The van der Waals surface area contributed by atoms with E-state index in [4.69, 9.17) is 5.73 Å². The fourth-order valence-electron chi connectivity index (χ4n) is 3.14. The fourth-order valence-corrected chi connectivity index (χ4v) is 4.67. The van der Waals surface area contributed by atoms with Gasteiger partial charge in [0.2, 0.25) is 15.9 Å². The van der Waals surface area contributed by atoms with Crippen molar-refractivity contribution in [2.75, 3.05) is 18.4 Å². The van der Waals surface area contributed by atoms with Gasteiger partial charge in [-0.15, -0.1) is 12.4 Å². The summed E-state index contributed by atoms with van der Waals surface area (Å²) in [5.74, 6) is -1.29. The molecule has 1 aliphatic rings. The number of amides is 1. The van der Waals surface area contributed by atoms with Gasteiger partial charge in [0, 0.05) is 32.0 Å². The maximum atomic E-state index is 13.8. The number of hydrogen-bond acceptors (Lipinski definition) is 4. The van der Waals surface area contributed by atoms with Crippen molar-refractivity contribution >= 4 is 34.0 Å². The molecular weight excluding hydrogens is 393 g/mol. The van der Waals surface area contributed by atoms with Crippen molar-refractivity contribution in [3.8, 4) is 0 Å². The second-order valence-corrected chi connectivity index (χ2v) is 8.26. The molecule has 3 N–H and O–H groups in total. The Morgan fingerprint density at radius 1 is 1.19 bits per heavy atom. The quantitative estimate of drug-likeness (QED) is 0.804. The fraction of sp³-hybridized carbons (Fsp3) is 0.278. The lowest BCUT2D eigenvalue weighted by Crippen LogP contribution is -2.32. The number of carbonyl (C=O) groups is 1. The summed E-state index contributed by atoms with van der Waals surface area (Å²) >= 11 is 0. The van der Waals surface area contributed by atoms with Crippen molar-refractivity contribution in [2.24, 2.45) is 5.73 Å². The van der Waals surface area contributed by atoms with Crippen LogP contribution in [0.4, 0.5) is 10.1 Å². The second-order valence-electron chi connectivity index (χ2n) is 6.33. The summed E-state index contributed by atoms with van der Waals surface area (Å²) in [6.45, 7) is 1.65. The van der Waals surface area contributed by atoms with Gasteiger partial charge in [-0.1, -0.05) is 30.3 Å². The monoisotopic (exact) mass is 413 g/mol. The Balaban J connectivity index is 0.00000261. The number of hydrogen-bond donors (Lipinski definition) is 2. The number of carbonyl (C=O) groups excluding carboxylic acids is 1. The molecule has 6 nitrogen and oxygen atoms in total. The molecule has 0 radical (unpaired) electrons. The lowest BCUT2D eigenvalue weighted by Gasteiger charge is -2.17. The molecule has 2 aromatic rings. The first kappa shape index (κ1) is 21.3. The molecule has 146 valence electrons. The van der Waals surface area contributed by atoms with Crippen molar-refractivity contribution in [1.82, 2.24) is 4.31 Å². The van der Waals surface area contributed by atoms with Crippen LogP contribution in [0, 0.1) is 5.82 Å². The molecule has 1 saturated heterocycles. The number of nitrogens with two attached hydrogens (primary N) is 1. The summed E-state index contributed by atoms with van der Waals surface area (Å²) in [6, 6.07) is 12.5. The first-order chi connectivity index (χ1) is 12.3. The SMILES string of the molecule is CC(=O)Nc1cc(S(=O)(=O)N2C[C@@H](N)[C@H](c3ccccc3)C2)ccc1F.Cl. The van der Waals surface area contributed by atoms with E-state index < -0.39 is 21.7 Å². The Labute approximate surface area is 164 Å². The highest BCUT2D eigenvalue weighted by Gasteiger charge is 2.38. The second kappa shape index (κ2) is 8.35. The molecule has 1 amide bonds. The normalized spacial score (nSPS) is 20.1. The lowest BCUT2D eigenvalue weighted by molar-refractivity contribution is -0.114. The van der Waals surface area contributed by atoms with E-state index in [2.05, 4.69) is 5.32 Å². The highest BCUT2D eigenvalue weighted by Crippen LogP contribution is 2.31. The van der Waals surface area contributed by atoms with Crippen molar-refractivity contribution in [1.29, 1.82) is 0 Å². The van der Waals surface area contributed by atoms with E-state index >= 15 is 0 Å². The zero-order chi connectivity index (χ0) is 18.9. The van der Waals surface area contributed by atoms with Gasteiger partial charge in [0.1, 0.15) is 5.82 Å². The van der Waals surface area contributed by atoms with Gasteiger partial charge in [0.05, 0.1) is 10.6 Å². The topological polar surface area (TPSA) is 92.5 Å². The Bertz CT molecular complexity index is 925. The molecule has 1 fully saturated rings. The summed E-state index contributed by atoms with van der Waals surface area (Å²) < 4.78 is 41.0. The van der Waals surface area contributed by atoms with E-state index in [-0.39, 0.29) is 48.0 Å². The number of halogens is 2. The number of rotatable bonds is 4. The van der Waals surface area contributed by atoms with Gasteiger partial charge >= 0.3 is 0 Å². The van der Waals surface area contributed by atoms with Gasteiger partial charge in [0.15, 0.2) is 0 Å². The van der Waals surface area contributed by atoms with Crippen molar-refractivity contribution in [2.45, 2.75) is 23.8 Å². The number of nitrogens with one attached hydrogen (secondary N) is 1. The van der Waals surface area contributed by atoms with Gasteiger partial charge < -0.3 is 11.1 Å². The third kappa shape index (κ3) is 4.47. The van der Waals surface area contributed by atoms with Crippen molar-refractivity contribution < 1.29 is 17.6 Å². The largest absolute Gasteiger partial charge is 0.326 e. The number of benzene rings is 2. The minimum Gasteiger partial charge on any atom is -0.326 e. The van der Waals surface area contributed by atoms with E-state index in [1.54, 1.807) is 0 Å². The average Bonchev–Trinajstić information content (AvgIpc) is 3.00. The maximum Gasteiger partial charge on any atom is 0.243 e. The Hall–Kier alpha value is -2.00. The molecule has 0 bridgehead atoms. The molecule has 3 rings (SSSR count). The molecule has 2 atom stereocenters. The van der Waals surface area contributed by atoms with E-state index in [9.17, 15) is 17.6 Å². The Morgan fingerprint density at radius 3 is 2.48 bits per heavy atom. The van der Waals surface area contributed by atoms with Crippen LogP contribution in [0.15, 0.2) is 53.4 Å². The molecule has 0 unspecified atom stereocenters. The predicted molar refractivity (Wildman–Crippen MR) is 104 cm³/mol. The Kier molecular flexibility index (Phi) is 6.59. The molecule has 1 heterocycles. The molecule has 9 heteroatoms. The summed E-state index contributed by atoms with van der Waals surface area (Å²) in [5, 5.41) is 2.30. The van der Waals surface area contributed by atoms with Gasteiger partial charge in [-0.3, -0.25) is 4.79 Å². The molecule has 0 aromatic heterocycles. The average molecular weight is 414 g/mol. The third-order valence-corrected chi connectivity index (χ3v) is 6.27. The molecule has 0 aliphatic carbocycles. The zero-order valence-corrected chi connectivity index (χ0v) is 16.3. The van der Waals surface area contributed by atoms with Gasteiger partial charge in [-0.25, -0.2) is 12.8 Å². The smallest absolute Gasteiger partial charge is 0.243 e. The zero-order valence-electron chi connectivity index (χ0n) is 14.6. The summed E-state index contributed by atoms with van der Waals surface area (Å²) in [4.78, 5) is 11.1. The minimum absolute atomic E-state index is 0. The summed E-state index contributed by atoms with van der Waals surface area (Å²) in [7, 11) is -3.85. The maximum absolute atomic E-state index is 13.8. The first-order valence-electron chi connectivity index (χ1n) is 8.17. The molecular formula is C18H21ClFN3O3S. The van der Waals surface area contributed by atoms with Crippen LogP contribution in [0.3, 0.4) is 0 Å². The number of anilines is 1. The minimum atomic E-state index is -3.85. The van der Waals surface area contributed by atoms with Crippen LogP contribution in [-0.4, -0.2) is 37.8 Å². The molecule has 2 aromatic carbocycles. The van der Waals surface area contributed by atoms with Crippen LogP contribution in [0.1, 0.15) is 18.4 Å². The van der Waals surface area contributed by atoms with Gasteiger partial charge in [0.25, 0.3) is 0 Å². The van der Waals surface area contributed by atoms with Gasteiger partial charge in [-0.2, -0.15) is 4.31 Å². The van der Waals surface area contributed by atoms with E-state index in [0.29, 0.717) is 0 Å². The van der Waals surface area contributed by atoms with Crippen LogP contribution in [-0.2, 0) is 14.8 Å². The highest BCUT2D eigenvalue weighted by molar-refractivity contribution is 7.89. The van der Waals surface area contributed by atoms with Crippen molar-refractivity contribution in [3.63, 3.8) is 0 Å². The van der Waals surface area contributed by atoms with Gasteiger partial charge in [-0.05, 0) is 23.8 Å². The Morgan fingerprint density at radius 2 is 1.85 bits per heavy atom. The molecule has 0 saturated carbocycles. The predicted octanol–water partition coefficient (Wildman–Crippen LogP) is 2.32. The standard InChI is InChI=1S/C18H20FN3O3S.ClH/c1-12(23)21-18-9-14(7-8-16(18)19)26(24,25)22-10-15(17(20)11-22)13-5-3-2-4-6-13;/h2-9,15,17H,10-11,20H2,1H3,(H,21,23);1H/t15-,17+;/m0./s1. The summed E-state index contributed by atoms with van der Waals surface area (Å²) in [5.41, 5.74) is 6.99. The van der Waals surface area contributed by atoms with E-state index in [1.165, 1.54) is 17.3 Å². The molecule has 1 aliphatic heterocycles. The highest BCUT2D eigenvalue weighted by atomic mass is 35.5. The molecule has 0 spiro atoms. The first-order valence-corrected chi connectivity index (χ1v) is 9.61. The van der Waals surface area contributed by atoms with E-state index in [0.717, 1.165) is 17.7 Å². The van der Waals surface area contributed by atoms with Crippen LogP contribution in [0.25, 0.3) is 0 Å². The van der Waals surface area contributed by atoms with Crippen LogP contribution < -0.4 is 11.1 Å². The third-order valence-electron chi connectivity index (χ3n) is 4.45. The van der Waals surface area contributed by atoms with E-state index in [1.807, 2.05) is 30.3 Å². The number of sulfonamides is 1. The lowest BCUT2D eigenvalue weighted by atomic mass is 9.95. The van der Waals surface area contributed by atoms with Crippen LogP contribution in [0.2, 0.25) is 0 Å². The summed E-state index contributed by atoms with van der Waals surface area (Å²) in [6.07, 6.45) is 0. The number of nitrogens with zero attached hydrogens (tertiary/aromatic N) is 1. The molecule has 27 heavy (non-hydrogen) atoms.